The van der Waals surface area contributed by atoms with Gasteiger partial charge in [-0.2, -0.15) is 0 Å². The van der Waals surface area contributed by atoms with Crippen LogP contribution in [-0.4, -0.2) is 11.6 Å². The lowest BCUT2D eigenvalue weighted by atomic mass is 9.93. The van der Waals surface area contributed by atoms with Gasteiger partial charge < -0.3 is 10.1 Å². The first kappa shape index (κ1) is 15.5. The second-order valence-corrected chi connectivity index (χ2v) is 6.37. The number of nitrogens with one attached hydrogen (secondary N) is 1. The Labute approximate surface area is 147 Å². The molecule has 4 rings (SSSR count). The summed E-state index contributed by atoms with van der Waals surface area (Å²) in [6.07, 6.45) is 1.20. The van der Waals surface area contributed by atoms with Crippen molar-refractivity contribution in [3.8, 4) is 5.75 Å². The number of hydrogen-bond donors (Lipinski definition) is 1. The van der Waals surface area contributed by atoms with Crippen LogP contribution in [0.4, 0.5) is 0 Å². The summed E-state index contributed by atoms with van der Waals surface area (Å²) in [5, 5.41) is 3.12. The van der Waals surface area contributed by atoms with Gasteiger partial charge in [-0.3, -0.25) is 4.79 Å². The number of fused-ring (bicyclic) bond motifs is 1. The van der Waals surface area contributed by atoms with Crippen LogP contribution < -0.4 is 10.1 Å². The number of rotatable bonds is 4. The number of hydrogen-bond acceptors (Lipinski definition) is 2. The van der Waals surface area contributed by atoms with E-state index >= 15 is 0 Å². The Morgan fingerprint density at radius 1 is 0.720 bits per heavy atom. The van der Waals surface area contributed by atoms with Crippen molar-refractivity contribution in [1.82, 2.24) is 5.32 Å². The van der Waals surface area contributed by atoms with Gasteiger partial charge >= 0.3 is 0 Å². The van der Waals surface area contributed by atoms with Crippen molar-refractivity contribution >= 4 is 5.91 Å². The van der Waals surface area contributed by atoms with Gasteiger partial charge in [0.25, 0.3) is 5.91 Å². The number of carbonyl (C=O) groups is 1. The van der Waals surface area contributed by atoms with E-state index in [-0.39, 0.29) is 5.91 Å². The first-order valence-electron chi connectivity index (χ1n) is 8.43. The van der Waals surface area contributed by atoms with Gasteiger partial charge in [-0.25, -0.2) is 0 Å². The highest BCUT2D eigenvalue weighted by Crippen LogP contribution is 2.31. The Morgan fingerprint density at radius 3 is 1.84 bits per heavy atom. The van der Waals surface area contributed by atoms with E-state index in [0.29, 0.717) is 24.2 Å². The number of carbonyl (C=O) groups excluding carboxylic acids is 1. The van der Waals surface area contributed by atoms with Gasteiger partial charge in [0, 0.05) is 12.8 Å². The molecule has 0 atom stereocenters. The van der Waals surface area contributed by atoms with Crippen molar-refractivity contribution in [3.05, 3.63) is 102 Å². The Hall–Kier alpha value is -3.07. The molecule has 0 fully saturated rings. The summed E-state index contributed by atoms with van der Waals surface area (Å²) in [5.41, 5.74) is 2.03. The topological polar surface area (TPSA) is 38.3 Å². The quantitative estimate of drug-likeness (QED) is 0.786. The molecule has 124 valence electrons. The Bertz CT molecular complexity index is 833. The zero-order valence-electron chi connectivity index (χ0n) is 13.8. The minimum absolute atomic E-state index is 0.0892. The molecule has 1 aliphatic heterocycles. The van der Waals surface area contributed by atoms with Crippen LogP contribution in [0.1, 0.15) is 21.5 Å². The Balaban J connectivity index is 1.73. The number of ether oxygens (including phenoxy) is 1. The van der Waals surface area contributed by atoms with Crippen LogP contribution in [0.2, 0.25) is 0 Å². The van der Waals surface area contributed by atoms with Crippen LogP contribution in [0.3, 0.4) is 0 Å². The Morgan fingerprint density at radius 2 is 1.24 bits per heavy atom. The molecule has 1 amide bonds. The minimum Gasteiger partial charge on any atom is -0.467 e. The fourth-order valence-electron chi connectivity index (χ4n) is 3.33. The molecule has 0 saturated carbocycles. The lowest BCUT2D eigenvalue weighted by Crippen LogP contribution is -2.59. The molecular formula is C22H19NO2. The van der Waals surface area contributed by atoms with E-state index in [1.165, 1.54) is 0 Å². The fraction of sp³-hybridized carbons (Fsp3) is 0.136. The molecule has 25 heavy (non-hydrogen) atoms. The molecule has 3 nitrogen and oxygen atoms in total. The highest BCUT2D eigenvalue weighted by molar-refractivity contribution is 5.98. The molecule has 0 spiro atoms. The highest BCUT2D eigenvalue weighted by atomic mass is 16.5. The largest absolute Gasteiger partial charge is 0.467 e. The van der Waals surface area contributed by atoms with Crippen LogP contribution in [0.15, 0.2) is 84.9 Å². The van der Waals surface area contributed by atoms with Gasteiger partial charge in [0.05, 0.1) is 5.56 Å². The number of benzene rings is 3. The molecular weight excluding hydrogens is 310 g/mol. The van der Waals surface area contributed by atoms with Crippen molar-refractivity contribution in [3.63, 3.8) is 0 Å². The molecule has 3 heteroatoms. The standard InChI is InChI=1S/C22H19NO2/c24-21-19-13-7-8-14-20(19)25-22(23-21,15-17-9-3-1-4-10-17)16-18-11-5-2-6-12-18/h1-14H,15-16H2,(H,23,24). The highest BCUT2D eigenvalue weighted by Gasteiger charge is 2.40. The second kappa shape index (κ2) is 6.44. The first-order valence-corrected chi connectivity index (χ1v) is 8.43. The normalized spacial score (nSPS) is 15.0. The minimum atomic E-state index is -0.797. The van der Waals surface area contributed by atoms with Crippen LogP contribution in [0.25, 0.3) is 0 Å². The third-order valence-electron chi connectivity index (χ3n) is 4.44. The zero-order chi connectivity index (χ0) is 17.1. The van der Waals surface area contributed by atoms with E-state index in [0.717, 1.165) is 11.1 Å². The molecule has 3 aromatic rings. The molecule has 0 unspecified atom stereocenters. The average Bonchev–Trinajstić information content (AvgIpc) is 2.63. The summed E-state index contributed by atoms with van der Waals surface area (Å²) in [6.45, 7) is 0. The molecule has 0 aliphatic carbocycles. The summed E-state index contributed by atoms with van der Waals surface area (Å²) >= 11 is 0. The average molecular weight is 329 g/mol. The van der Waals surface area contributed by atoms with E-state index < -0.39 is 5.72 Å². The monoisotopic (exact) mass is 329 g/mol. The molecule has 0 saturated heterocycles. The molecule has 1 heterocycles. The third-order valence-corrected chi connectivity index (χ3v) is 4.44. The van der Waals surface area contributed by atoms with Crippen LogP contribution in [-0.2, 0) is 12.8 Å². The predicted octanol–water partition coefficient (Wildman–Crippen LogP) is 3.99. The summed E-state index contributed by atoms with van der Waals surface area (Å²) in [6, 6.07) is 27.6. The smallest absolute Gasteiger partial charge is 0.258 e. The SMILES string of the molecule is O=C1NC(Cc2ccccc2)(Cc2ccccc2)Oc2ccccc21. The predicted molar refractivity (Wildman–Crippen MR) is 97.6 cm³/mol. The van der Waals surface area contributed by atoms with Gasteiger partial charge in [-0.1, -0.05) is 72.8 Å². The maximum absolute atomic E-state index is 12.7. The molecule has 0 aromatic heterocycles. The van der Waals surface area contributed by atoms with Crippen LogP contribution >= 0.6 is 0 Å². The third kappa shape index (κ3) is 3.26. The van der Waals surface area contributed by atoms with Crippen molar-refractivity contribution in [2.75, 3.05) is 0 Å². The van der Waals surface area contributed by atoms with Gasteiger partial charge in [-0.15, -0.1) is 0 Å². The number of para-hydroxylation sites is 1. The molecule has 1 aliphatic rings. The lowest BCUT2D eigenvalue weighted by Gasteiger charge is -2.39. The van der Waals surface area contributed by atoms with Gasteiger partial charge in [0.15, 0.2) is 5.72 Å². The van der Waals surface area contributed by atoms with Crippen LogP contribution in [0, 0.1) is 0 Å². The van der Waals surface area contributed by atoms with E-state index in [1.54, 1.807) is 6.07 Å². The second-order valence-electron chi connectivity index (χ2n) is 6.37. The summed E-state index contributed by atoms with van der Waals surface area (Å²) < 4.78 is 6.37. The lowest BCUT2D eigenvalue weighted by molar-refractivity contribution is 0.0187. The van der Waals surface area contributed by atoms with Gasteiger partial charge in [0.1, 0.15) is 5.75 Å². The molecule has 0 bridgehead atoms. The summed E-state index contributed by atoms with van der Waals surface area (Å²) in [5.74, 6) is 0.548. The zero-order valence-corrected chi connectivity index (χ0v) is 13.8. The maximum atomic E-state index is 12.7. The molecule has 1 N–H and O–H groups in total. The maximum Gasteiger partial charge on any atom is 0.258 e. The van der Waals surface area contributed by atoms with E-state index in [9.17, 15) is 4.79 Å². The van der Waals surface area contributed by atoms with E-state index in [2.05, 4.69) is 29.6 Å². The van der Waals surface area contributed by atoms with Crippen molar-refractivity contribution in [1.29, 1.82) is 0 Å². The first-order chi connectivity index (χ1) is 12.2. The number of amides is 1. The van der Waals surface area contributed by atoms with Crippen molar-refractivity contribution < 1.29 is 9.53 Å². The summed E-state index contributed by atoms with van der Waals surface area (Å²) in [4.78, 5) is 12.7. The van der Waals surface area contributed by atoms with E-state index in [4.69, 9.17) is 4.74 Å². The van der Waals surface area contributed by atoms with Crippen LogP contribution in [0.5, 0.6) is 5.75 Å². The Kier molecular flexibility index (Phi) is 3.98. The fourth-order valence-corrected chi connectivity index (χ4v) is 3.33. The van der Waals surface area contributed by atoms with Gasteiger partial charge in [-0.05, 0) is 23.3 Å². The van der Waals surface area contributed by atoms with Crippen molar-refractivity contribution in [2.24, 2.45) is 0 Å². The molecule has 3 aromatic carbocycles. The van der Waals surface area contributed by atoms with E-state index in [1.807, 2.05) is 54.6 Å². The molecule has 0 radical (unpaired) electrons. The summed E-state index contributed by atoms with van der Waals surface area (Å²) in [7, 11) is 0. The van der Waals surface area contributed by atoms with Gasteiger partial charge in [0.2, 0.25) is 0 Å². The van der Waals surface area contributed by atoms with Crippen molar-refractivity contribution in [2.45, 2.75) is 18.6 Å².